The number of nitrogens with two attached hydrogens (primary N) is 1. The number of hydrogen-bond acceptors (Lipinski definition) is 4. The predicted octanol–water partition coefficient (Wildman–Crippen LogP) is 3.04. The van der Waals surface area contributed by atoms with Gasteiger partial charge >= 0.3 is 5.97 Å². The van der Waals surface area contributed by atoms with Crippen molar-refractivity contribution in [3.63, 3.8) is 0 Å². The number of benzene rings is 1. The zero-order valence-electron chi connectivity index (χ0n) is 10.8. The number of hydrogen-bond donors (Lipinski definition) is 3. The van der Waals surface area contributed by atoms with E-state index in [4.69, 9.17) is 15.3 Å². The van der Waals surface area contributed by atoms with Crippen LogP contribution in [0.3, 0.4) is 0 Å². The molecule has 0 aliphatic carbocycles. The summed E-state index contributed by atoms with van der Waals surface area (Å²) < 4.78 is 5.52. The third-order valence-electron chi connectivity index (χ3n) is 2.85. The van der Waals surface area contributed by atoms with E-state index in [0.29, 0.717) is 5.69 Å². The predicted molar refractivity (Wildman–Crippen MR) is 73.3 cm³/mol. The van der Waals surface area contributed by atoms with Crippen LogP contribution in [0.2, 0.25) is 0 Å². The lowest BCUT2D eigenvalue weighted by Crippen LogP contribution is -2.08. The fourth-order valence-corrected chi connectivity index (χ4v) is 1.84. The molecule has 0 fully saturated rings. The van der Waals surface area contributed by atoms with E-state index < -0.39 is 5.97 Å². The molecule has 0 bridgehead atoms. The Bertz CT molecular complexity index is 604. The number of aromatic carboxylic acids is 1. The number of nitrogen functional groups attached to an aromatic ring is 1. The quantitative estimate of drug-likeness (QED) is 0.735. The van der Waals surface area contributed by atoms with Crippen LogP contribution in [-0.2, 0) is 0 Å². The van der Waals surface area contributed by atoms with Gasteiger partial charge in [-0.1, -0.05) is 0 Å². The number of rotatable bonds is 4. The maximum absolute atomic E-state index is 11.0. The van der Waals surface area contributed by atoms with Gasteiger partial charge in [-0.3, -0.25) is 0 Å². The minimum atomic E-state index is -1.04. The summed E-state index contributed by atoms with van der Waals surface area (Å²) in [4.78, 5) is 11.0. The van der Waals surface area contributed by atoms with E-state index in [2.05, 4.69) is 5.32 Å². The van der Waals surface area contributed by atoms with E-state index in [1.807, 2.05) is 26.0 Å². The number of carbonyl (C=O) groups is 1. The van der Waals surface area contributed by atoms with Crippen LogP contribution in [0.15, 0.2) is 34.7 Å². The Labute approximate surface area is 111 Å². The Kier molecular flexibility index (Phi) is 3.46. The van der Waals surface area contributed by atoms with Crippen LogP contribution in [0, 0.1) is 6.92 Å². The molecule has 1 aromatic carbocycles. The second kappa shape index (κ2) is 5.06. The first-order chi connectivity index (χ1) is 8.97. The van der Waals surface area contributed by atoms with E-state index in [1.54, 1.807) is 12.1 Å². The summed E-state index contributed by atoms with van der Waals surface area (Å²) in [6.07, 6.45) is 0. The van der Waals surface area contributed by atoms with Crippen LogP contribution in [0.4, 0.5) is 11.4 Å². The van der Waals surface area contributed by atoms with E-state index in [9.17, 15) is 4.79 Å². The molecule has 0 aliphatic rings. The van der Waals surface area contributed by atoms with E-state index in [1.165, 1.54) is 6.07 Å². The van der Waals surface area contributed by atoms with Gasteiger partial charge in [-0.05, 0) is 44.2 Å². The van der Waals surface area contributed by atoms with Crippen LogP contribution in [0.1, 0.15) is 34.8 Å². The topological polar surface area (TPSA) is 88.5 Å². The van der Waals surface area contributed by atoms with Gasteiger partial charge in [0.15, 0.2) is 0 Å². The highest BCUT2D eigenvalue weighted by atomic mass is 16.4. The van der Waals surface area contributed by atoms with E-state index in [-0.39, 0.29) is 17.3 Å². The molecule has 2 rings (SSSR count). The summed E-state index contributed by atoms with van der Waals surface area (Å²) in [6, 6.07) is 8.56. The molecule has 1 atom stereocenters. The number of aryl methyl sites for hydroxylation is 1. The zero-order chi connectivity index (χ0) is 14.0. The summed E-state index contributed by atoms with van der Waals surface area (Å²) in [7, 11) is 0. The summed E-state index contributed by atoms with van der Waals surface area (Å²) in [5.41, 5.74) is 6.64. The molecule has 0 saturated carbocycles. The van der Waals surface area contributed by atoms with Gasteiger partial charge in [-0.25, -0.2) is 4.79 Å². The number of carboxylic acids is 1. The molecular weight excluding hydrogens is 244 g/mol. The van der Waals surface area contributed by atoms with Gasteiger partial charge < -0.3 is 20.6 Å². The largest absolute Gasteiger partial charge is 0.478 e. The zero-order valence-corrected chi connectivity index (χ0v) is 10.8. The third kappa shape index (κ3) is 2.88. The first-order valence-corrected chi connectivity index (χ1v) is 5.93. The van der Waals surface area contributed by atoms with Crippen LogP contribution in [0.25, 0.3) is 0 Å². The molecular formula is C14H16N2O3. The number of carboxylic acid groups (broad SMARTS) is 1. The average Bonchev–Trinajstić information content (AvgIpc) is 2.78. The van der Waals surface area contributed by atoms with Gasteiger partial charge in [0.2, 0.25) is 0 Å². The van der Waals surface area contributed by atoms with Gasteiger partial charge in [0, 0.05) is 11.4 Å². The monoisotopic (exact) mass is 260 g/mol. The standard InChI is InChI=1S/C14H16N2O3/c1-8-3-6-13(19-8)9(2)16-10-4-5-12(15)11(7-10)14(17)18/h3-7,9,16H,15H2,1-2H3,(H,17,18). The fraction of sp³-hybridized carbons (Fsp3) is 0.214. The maximum Gasteiger partial charge on any atom is 0.337 e. The molecule has 5 nitrogen and oxygen atoms in total. The summed E-state index contributed by atoms with van der Waals surface area (Å²) >= 11 is 0. The SMILES string of the molecule is Cc1ccc(C(C)Nc2ccc(N)c(C(=O)O)c2)o1. The molecule has 19 heavy (non-hydrogen) atoms. The Morgan fingerprint density at radius 1 is 1.37 bits per heavy atom. The lowest BCUT2D eigenvalue weighted by Gasteiger charge is -2.14. The normalized spacial score (nSPS) is 12.1. The molecule has 1 heterocycles. The van der Waals surface area contributed by atoms with Crippen LogP contribution >= 0.6 is 0 Å². The lowest BCUT2D eigenvalue weighted by atomic mass is 10.1. The van der Waals surface area contributed by atoms with Gasteiger partial charge in [0.05, 0.1) is 11.6 Å². The number of furan rings is 1. The van der Waals surface area contributed by atoms with E-state index in [0.717, 1.165) is 11.5 Å². The highest BCUT2D eigenvalue weighted by molar-refractivity contribution is 5.94. The van der Waals surface area contributed by atoms with Crippen molar-refractivity contribution in [1.29, 1.82) is 0 Å². The molecule has 0 spiro atoms. The lowest BCUT2D eigenvalue weighted by molar-refractivity contribution is 0.0698. The van der Waals surface area contributed by atoms with E-state index >= 15 is 0 Å². The second-order valence-corrected chi connectivity index (χ2v) is 4.42. The Balaban J connectivity index is 2.19. The van der Waals surface area contributed by atoms with Crippen molar-refractivity contribution >= 4 is 17.3 Å². The van der Waals surface area contributed by atoms with Gasteiger partial charge in [-0.15, -0.1) is 0 Å². The summed E-state index contributed by atoms with van der Waals surface area (Å²) in [6.45, 7) is 3.82. The molecule has 0 amide bonds. The molecule has 0 saturated heterocycles. The van der Waals surface area contributed by atoms with Crippen molar-refractivity contribution < 1.29 is 14.3 Å². The minimum Gasteiger partial charge on any atom is -0.478 e. The Hall–Kier alpha value is -2.43. The highest BCUT2D eigenvalue weighted by Crippen LogP contribution is 2.24. The summed E-state index contributed by atoms with van der Waals surface area (Å²) in [5.74, 6) is 0.598. The molecule has 5 heteroatoms. The van der Waals surface area contributed by atoms with Crippen molar-refractivity contribution in [2.75, 3.05) is 11.1 Å². The first-order valence-electron chi connectivity index (χ1n) is 5.93. The van der Waals surface area contributed by atoms with Crippen molar-refractivity contribution in [2.24, 2.45) is 0 Å². The van der Waals surface area contributed by atoms with Crippen molar-refractivity contribution in [2.45, 2.75) is 19.9 Å². The Morgan fingerprint density at radius 3 is 2.68 bits per heavy atom. The molecule has 100 valence electrons. The molecule has 1 aromatic heterocycles. The number of anilines is 2. The van der Waals surface area contributed by atoms with Gasteiger partial charge in [0.1, 0.15) is 11.5 Å². The highest BCUT2D eigenvalue weighted by Gasteiger charge is 2.12. The molecule has 0 radical (unpaired) electrons. The third-order valence-corrected chi connectivity index (χ3v) is 2.85. The van der Waals surface area contributed by atoms with Crippen LogP contribution in [-0.4, -0.2) is 11.1 Å². The molecule has 4 N–H and O–H groups in total. The fourth-order valence-electron chi connectivity index (χ4n) is 1.84. The van der Waals surface area contributed by atoms with Crippen LogP contribution < -0.4 is 11.1 Å². The number of nitrogens with one attached hydrogen (secondary N) is 1. The van der Waals surface area contributed by atoms with Crippen molar-refractivity contribution in [1.82, 2.24) is 0 Å². The minimum absolute atomic E-state index is 0.0565. The second-order valence-electron chi connectivity index (χ2n) is 4.42. The molecule has 0 aliphatic heterocycles. The molecule has 2 aromatic rings. The molecule has 1 unspecified atom stereocenters. The Morgan fingerprint density at radius 2 is 2.11 bits per heavy atom. The average molecular weight is 260 g/mol. The summed E-state index contributed by atoms with van der Waals surface area (Å²) in [5, 5.41) is 12.2. The van der Waals surface area contributed by atoms with Crippen molar-refractivity contribution in [3.8, 4) is 0 Å². The smallest absolute Gasteiger partial charge is 0.337 e. The van der Waals surface area contributed by atoms with Crippen molar-refractivity contribution in [3.05, 3.63) is 47.4 Å². The van der Waals surface area contributed by atoms with Gasteiger partial charge in [-0.2, -0.15) is 0 Å². The first kappa shape index (κ1) is 13.0. The maximum atomic E-state index is 11.0. The van der Waals surface area contributed by atoms with Gasteiger partial charge in [0.25, 0.3) is 0 Å². The van der Waals surface area contributed by atoms with Crippen LogP contribution in [0.5, 0.6) is 0 Å².